The highest BCUT2D eigenvalue weighted by Gasteiger charge is 2.21. The lowest BCUT2D eigenvalue weighted by Crippen LogP contribution is -2.38. The second-order valence-corrected chi connectivity index (χ2v) is 4.87. The van der Waals surface area contributed by atoms with Crippen molar-refractivity contribution in [3.8, 4) is 0 Å². The normalized spacial score (nSPS) is 20.4. The zero-order valence-electron chi connectivity index (χ0n) is 10.9. The van der Waals surface area contributed by atoms with E-state index in [0.29, 0.717) is 0 Å². The van der Waals surface area contributed by atoms with E-state index in [-0.39, 0.29) is 0 Å². The fourth-order valence-corrected chi connectivity index (χ4v) is 2.68. The number of nitrogens with one attached hydrogen (secondary N) is 1. The Labute approximate surface area is 108 Å². The largest absolute Gasteiger partial charge is 0.378 e. The molecule has 0 spiro atoms. The lowest BCUT2D eigenvalue weighted by molar-refractivity contribution is 0.122. The van der Waals surface area contributed by atoms with Gasteiger partial charge >= 0.3 is 0 Å². The first-order valence-electron chi connectivity index (χ1n) is 6.74. The molecule has 0 bridgehead atoms. The number of fused-ring (bicyclic) bond motifs is 1. The zero-order chi connectivity index (χ0) is 12.4. The average Bonchev–Trinajstić information content (AvgIpc) is 2.64. The first kappa shape index (κ1) is 11.9. The van der Waals surface area contributed by atoms with E-state index in [1.807, 2.05) is 6.92 Å². The highest BCUT2D eigenvalue weighted by atomic mass is 16.5. The van der Waals surface area contributed by atoms with Gasteiger partial charge in [-0.1, -0.05) is 0 Å². The second-order valence-electron chi connectivity index (χ2n) is 4.87. The summed E-state index contributed by atoms with van der Waals surface area (Å²) in [6.07, 6.45) is 2.04. The minimum Gasteiger partial charge on any atom is -0.378 e. The summed E-state index contributed by atoms with van der Waals surface area (Å²) >= 11 is 0. The molecule has 3 heterocycles. The quantitative estimate of drug-likeness (QED) is 0.775. The molecule has 1 aromatic heterocycles. The summed E-state index contributed by atoms with van der Waals surface area (Å²) in [6, 6.07) is 0. The summed E-state index contributed by atoms with van der Waals surface area (Å²) in [5.74, 6) is 2.03. The van der Waals surface area contributed by atoms with Crippen molar-refractivity contribution in [3.05, 3.63) is 17.1 Å². The van der Waals surface area contributed by atoms with Crippen molar-refractivity contribution in [1.29, 1.82) is 0 Å². The van der Waals surface area contributed by atoms with Gasteiger partial charge in [0.05, 0.1) is 18.9 Å². The van der Waals surface area contributed by atoms with Crippen molar-refractivity contribution in [1.82, 2.24) is 15.3 Å². The standard InChI is InChI=1S/C13H20N4O/c1-10-15-12-3-5-14-4-2-11(12)13(16-10)17-6-8-18-9-7-17/h14H,2-9H2,1H3. The summed E-state index contributed by atoms with van der Waals surface area (Å²) in [5, 5.41) is 3.43. The van der Waals surface area contributed by atoms with Crippen LogP contribution in [0.5, 0.6) is 0 Å². The van der Waals surface area contributed by atoms with E-state index in [1.54, 1.807) is 0 Å². The Balaban J connectivity index is 1.98. The molecule has 5 nitrogen and oxygen atoms in total. The van der Waals surface area contributed by atoms with Crippen molar-refractivity contribution in [2.75, 3.05) is 44.3 Å². The summed E-state index contributed by atoms with van der Waals surface area (Å²) in [7, 11) is 0. The Morgan fingerprint density at radius 1 is 1.11 bits per heavy atom. The van der Waals surface area contributed by atoms with E-state index < -0.39 is 0 Å². The third kappa shape index (κ3) is 2.33. The van der Waals surface area contributed by atoms with E-state index in [0.717, 1.165) is 63.9 Å². The predicted octanol–water partition coefficient (Wildman–Crippen LogP) is 0.310. The Morgan fingerprint density at radius 2 is 1.89 bits per heavy atom. The first-order valence-corrected chi connectivity index (χ1v) is 6.74. The van der Waals surface area contributed by atoms with Gasteiger partial charge in [0.15, 0.2) is 0 Å². The number of hydrogen-bond donors (Lipinski definition) is 1. The fraction of sp³-hybridized carbons (Fsp3) is 0.692. The molecule has 5 heteroatoms. The van der Waals surface area contributed by atoms with Gasteiger partial charge in [-0.05, 0) is 19.9 Å². The van der Waals surface area contributed by atoms with Crippen LogP contribution in [0.2, 0.25) is 0 Å². The minimum atomic E-state index is 0.802. The van der Waals surface area contributed by atoms with Crippen molar-refractivity contribution >= 4 is 5.82 Å². The van der Waals surface area contributed by atoms with Crippen molar-refractivity contribution in [2.45, 2.75) is 19.8 Å². The van der Waals surface area contributed by atoms with Crippen LogP contribution in [0.4, 0.5) is 5.82 Å². The maximum Gasteiger partial charge on any atom is 0.135 e. The molecule has 0 aromatic carbocycles. The molecule has 0 unspecified atom stereocenters. The van der Waals surface area contributed by atoms with Crippen LogP contribution in [0.1, 0.15) is 17.1 Å². The Bertz CT molecular complexity index is 429. The SMILES string of the molecule is Cc1nc2c(c(N3CCOCC3)n1)CCNCC2. The molecule has 3 rings (SSSR count). The summed E-state index contributed by atoms with van der Waals surface area (Å²) in [4.78, 5) is 11.7. The Kier molecular flexibility index (Phi) is 3.43. The van der Waals surface area contributed by atoms with Gasteiger partial charge < -0.3 is 15.0 Å². The molecule has 0 radical (unpaired) electrons. The molecule has 98 valence electrons. The Hall–Kier alpha value is -1.20. The van der Waals surface area contributed by atoms with Crippen LogP contribution >= 0.6 is 0 Å². The lowest BCUT2D eigenvalue weighted by atomic mass is 10.1. The molecule has 2 aliphatic rings. The number of rotatable bonds is 1. The molecule has 1 N–H and O–H groups in total. The minimum absolute atomic E-state index is 0.802. The number of nitrogens with zero attached hydrogens (tertiary/aromatic N) is 3. The van der Waals surface area contributed by atoms with Crippen LogP contribution in [0.25, 0.3) is 0 Å². The molecule has 0 aliphatic carbocycles. The predicted molar refractivity (Wildman–Crippen MR) is 70.1 cm³/mol. The average molecular weight is 248 g/mol. The molecule has 18 heavy (non-hydrogen) atoms. The maximum absolute atomic E-state index is 5.42. The lowest BCUT2D eigenvalue weighted by Gasteiger charge is -2.30. The molecule has 0 atom stereocenters. The monoisotopic (exact) mass is 248 g/mol. The molecule has 0 amide bonds. The van der Waals surface area contributed by atoms with Gasteiger partial charge in [-0.25, -0.2) is 9.97 Å². The molecule has 1 aromatic rings. The molecular weight excluding hydrogens is 228 g/mol. The molecule has 1 fully saturated rings. The number of aromatic nitrogens is 2. The Morgan fingerprint density at radius 3 is 2.72 bits per heavy atom. The number of hydrogen-bond acceptors (Lipinski definition) is 5. The molecule has 0 saturated carbocycles. The molecular formula is C13H20N4O. The van der Waals surface area contributed by atoms with Gasteiger partial charge in [0.2, 0.25) is 0 Å². The number of ether oxygens (including phenoxy) is 1. The number of morpholine rings is 1. The third-order valence-electron chi connectivity index (χ3n) is 3.58. The van der Waals surface area contributed by atoms with E-state index in [1.165, 1.54) is 11.3 Å². The van der Waals surface area contributed by atoms with Crippen LogP contribution in [0, 0.1) is 6.92 Å². The summed E-state index contributed by atoms with van der Waals surface area (Å²) in [5.41, 5.74) is 2.57. The van der Waals surface area contributed by atoms with E-state index in [4.69, 9.17) is 4.74 Å². The topological polar surface area (TPSA) is 50.3 Å². The second kappa shape index (κ2) is 5.20. The highest BCUT2D eigenvalue weighted by molar-refractivity contribution is 5.50. The van der Waals surface area contributed by atoms with Crippen LogP contribution in [-0.4, -0.2) is 49.4 Å². The van der Waals surface area contributed by atoms with Gasteiger partial charge in [-0.3, -0.25) is 0 Å². The maximum atomic E-state index is 5.42. The van der Waals surface area contributed by atoms with E-state index >= 15 is 0 Å². The van der Waals surface area contributed by atoms with Gasteiger partial charge in [0.25, 0.3) is 0 Å². The van der Waals surface area contributed by atoms with Crippen LogP contribution in [0.15, 0.2) is 0 Å². The van der Waals surface area contributed by atoms with Crippen molar-refractivity contribution < 1.29 is 4.74 Å². The van der Waals surface area contributed by atoms with Crippen LogP contribution in [-0.2, 0) is 17.6 Å². The van der Waals surface area contributed by atoms with Crippen molar-refractivity contribution in [3.63, 3.8) is 0 Å². The van der Waals surface area contributed by atoms with Crippen LogP contribution < -0.4 is 10.2 Å². The third-order valence-corrected chi connectivity index (χ3v) is 3.58. The highest BCUT2D eigenvalue weighted by Crippen LogP contribution is 2.23. The van der Waals surface area contributed by atoms with Gasteiger partial charge in [-0.15, -0.1) is 0 Å². The number of anilines is 1. The van der Waals surface area contributed by atoms with E-state index in [9.17, 15) is 0 Å². The van der Waals surface area contributed by atoms with Gasteiger partial charge in [-0.2, -0.15) is 0 Å². The zero-order valence-corrected chi connectivity index (χ0v) is 10.9. The van der Waals surface area contributed by atoms with Gasteiger partial charge in [0, 0.05) is 31.6 Å². The fourth-order valence-electron chi connectivity index (χ4n) is 2.68. The van der Waals surface area contributed by atoms with Crippen molar-refractivity contribution in [2.24, 2.45) is 0 Å². The summed E-state index contributed by atoms with van der Waals surface area (Å²) < 4.78 is 5.42. The number of aryl methyl sites for hydroxylation is 1. The van der Waals surface area contributed by atoms with E-state index in [2.05, 4.69) is 20.2 Å². The first-order chi connectivity index (χ1) is 8.84. The van der Waals surface area contributed by atoms with Gasteiger partial charge in [0.1, 0.15) is 11.6 Å². The smallest absolute Gasteiger partial charge is 0.135 e. The molecule has 1 saturated heterocycles. The molecule has 2 aliphatic heterocycles. The van der Waals surface area contributed by atoms with Crippen LogP contribution in [0.3, 0.4) is 0 Å². The summed E-state index contributed by atoms with van der Waals surface area (Å²) in [6.45, 7) is 7.52.